The van der Waals surface area contributed by atoms with Crippen molar-refractivity contribution in [3.63, 3.8) is 0 Å². The number of aromatic nitrogens is 3. The molecule has 0 aliphatic carbocycles. The molecule has 2 heterocycles. The summed E-state index contributed by atoms with van der Waals surface area (Å²) in [6, 6.07) is 7.57. The van der Waals surface area contributed by atoms with Gasteiger partial charge >= 0.3 is 0 Å². The van der Waals surface area contributed by atoms with E-state index in [2.05, 4.69) is 15.5 Å². The van der Waals surface area contributed by atoms with Gasteiger partial charge in [0.05, 0.1) is 12.6 Å². The lowest BCUT2D eigenvalue weighted by atomic mass is 10.2. The van der Waals surface area contributed by atoms with Gasteiger partial charge in [-0.25, -0.2) is 0 Å². The number of carbonyl (C=O) groups excluding carboxylic acids is 1. The fraction of sp³-hybridized carbons (Fsp3) is 0.312. The van der Waals surface area contributed by atoms with Crippen LogP contribution in [0.15, 0.2) is 24.3 Å². The minimum absolute atomic E-state index is 0.211. The van der Waals surface area contributed by atoms with E-state index in [1.165, 1.54) is 11.3 Å². The summed E-state index contributed by atoms with van der Waals surface area (Å²) in [6.45, 7) is 4.09. The largest absolute Gasteiger partial charge is 0.496 e. The topological polar surface area (TPSA) is 69.0 Å². The minimum Gasteiger partial charge on any atom is -0.496 e. The maximum atomic E-state index is 12.5. The highest BCUT2D eigenvalue weighted by atomic mass is 32.1. The van der Waals surface area contributed by atoms with E-state index in [1.54, 1.807) is 7.11 Å². The van der Waals surface area contributed by atoms with Gasteiger partial charge in [-0.1, -0.05) is 31.3 Å². The molecule has 0 saturated heterocycles. The molecule has 0 spiro atoms. The zero-order chi connectivity index (χ0) is 16.6. The van der Waals surface area contributed by atoms with Crippen LogP contribution in [-0.4, -0.2) is 27.8 Å². The summed E-state index contributed by atoms with van der Waals surface area (Å²) in [5.74, 6) is 0.826. The molecule has 120 valence electrons. The first kappa shape index (κ1) is 15.5. The number of hydrogen-bond acceptors (Lipinski definition) is 5. The summed E-state index contributed by atoms with van der Waals surface area (Å²) in [6.07, 6.45) is 0. The monoisotopic (exact) mass is 330 g/mol. The van der Waals surface area contributed by atoms with Crippen LogP contribution in [0.5, 0.6) is 5.75 Å². The number of ether oxygens (including phenoxy) is 1. The minimum atomic E-state index is -0.211. The summed E-state index contributed by atoms with van der Waals surface area (Å²) in [5.41, 5.74) is 1.49. The molecule has 0 saturated carbocycles. The number of anilines is 1. The zero-order valence-electron chi connectivity index (χ0n) is 13.5. The Morgan fingerprint density at radius 3 is 2.78 bits per heavy atom. The number of rotatable bonds is 4. The Morgan fingerprint density at radius 2 is 2.13 bits per heavy atom. The number of hydrogen-bond donors (Lipinski definition) is 1. The predicted molar refractivity (Wildman–Crippen MR) is 91.4 cm³/mol. The van der Waals surface area contributed by atoms with Crippen LogP contribution in [0.3, 0.4) is 0 Å². The lowest BCUT2D eigenvalue weighted by Crippen LogP contribution is -2.15. The van der Waals surface area contributed by atoms with Crippen molar-refractivity contribution in [2.75, 3.05) is 12.4 Å². The molecule has 0 unspecified atom stereocenters. The molecule has 0 atom stereocenters. The lowest BCUT2D eigenvalue weighted by molar-refractivity contribution is 0.101. The Hall–Kier alpha value is -2.41. The number of methoxy groups -OCH3 is 1. The average Bonchev–Trinajstić information content (AvgIpc) is 3.12. The van der Waals surface area contributed by atoms with Crippen LogP contribution in [0.1, 0.15) is 35.3 Å². The summed E-state index contributed by atoms with van der Waals surface area (Å²) in [4.78, 5) is 12.5. The Labute approximate surface area is 138 Å². The summed E-state index contributed by atoms with van der Waals surface area (Å²) >= 11 is 1.40. The highest BCUT2D eigenvalue weighted by Gasteiger charge is 2.17. The molecular formula is C16H18N4O2S. The molecule has 0 fully saturated rings. The number of fused-ring (bicyclic) bond motifs is 1. The molecule has 2 aromatic heterocycles. The van der Waals surface area contributed by atoms with Crippen molar-refractivity contribution in [2.24, 2.45) is 7.05 Å². The highest BCUT2D eigenvalue weighted by Crippen LogP contribution is 2.29. The van der Waals surface area contributed by atoms with Gasteiger partial charge in [0.25, 0.3) is 5.91 Å². The third kappa shape index (κ3) is 2.79. The molecule has 6 nitrogen and oxygen atoms in total. The van der Waals surface area contributed by atoms with Crippen molar-refractivity contribution in [1.29, 1.82) is 0 Å². The van der Waals surface area contributed by atoms with Crippen molar-refractivity contribution in [3.05, 3.63) is 35.0 Å². The first-order chi connectivity index (χ1) is 11.0. The summed E-state index contributed by atoms with van der Waals surface area (Å²) in [5, 5.41) is 13.2. The predicted octanol–water partition coefficient (Wildman–Crippen LogP) is 3.41. The number of aryl methyl sites for hydroxylation is 1. The van der Waals surface area contributed by atoms with Crippen LogP contribution in [0.2, 0.25) is 0 Å². The average molecular weight is 330 g/mol. The van der Waals surface area contributed by atoms with Gasteiger partial charge in [0, 0.05) is 18.4 Å². The molecule has 1 N–H and O–H groups in total. The molecule has 1 amide bonds. The van der Waals surface area contributed by atoms with Gasteiger partial charge in [0.15, 0.2) is 0 Å². The van der Waals surface area contributed by atoms with Gasteiger partial charge in [-0.15, -0.1) is 10.2 Å². The highest BCUT2D eigenvalue weighted by molar-refractivity contribution is 7.15. The van der Waals surface area contributed by atoms with Crippen molar-refractivity contribution >= 4 is 33.3 Å². The normalized spacial score (nSPS) is 11.2. The number of nitrogens with one attached hydrogen (secondary N) is 1. The SMILES string of the molecule is COc1cccc2c1cc(C(=O)Nc1nnc(C(C)C)s1)n2C. The quantitative estimate of drug-likeness (QED) is 0.796. The maximum Gasteiger partial charge on any atom is 0.274 e. The Morgan fingerprint density at radius 1 is 1.35 bits per heavy atom. The third-order valence-electron chi connectivity index (χ3n) is 3.65. The van der Waals surface area contributed by atoms with Crippen molar-refractivity contribution in [3.8, 4) is 5.75 Å². The van der Waals surface area contributed by atoms with Crippen LogP contribution >= 0.6 is 11.3 Å². The fourth-order valence-electron chi connectivity index (χ4n) is 2.41. The van der Waals surface area contributed by atoms with Gasteiger partial charge < -0.3 is 9.30 Å². The fourth-order valence-corrected chi connectivity index (χ4v) is 3.15. The van der Waals surface area contributed by atoms with E-state index in [-0.39, 0.29) is 5.91 Å². The number of amides is 1. The molecule has 1 aromatic carbocycles. The molecule has 7 heteroatoms. The molecule has 3 aromatic rings. The molecule has 3 rings (SSSR count). The lowest BCUT2D eigenvalue weighted by Gasteiger charge is -2.04. The second-order valence-corrected chi connectivity index (χ2v) is 6.55. The van der Waals surface area contributed by atoms with E-state index in [0.29, 0.717) is 16.7 Å². The van der Waals surface area contributed by atoms with Gasteiger partial charge in [-0.05, 0) is 18.2 Å². The second-order valence-electron chi connectivity index (χ2n) is 5.54. The standard InChI is InChI=1S/C16H18N4O2S/c1-9(2)15-18-19-16(23-15)17-14(21)12-8-10-11(20(12)3)6-5-7-13(10)22-4/h5-9H,1-4H3,(H,17,19,21). The van der Waals surface area contributed by atoms with Crippen LogP contribution in [0, 0.1) is 0 Å². The molecule has 23 heavy (non-hydrogen) atoms. The molecule has 0 aliphatic rings. The van der Waals surface area contributed by atoms with Crippen molar-refractivity contribution < 1.29 is 9.53 Å². The molecule has 0 radical (unpaired) electrons. The van der Waals surface area contributed by atoms with E-state index in [4.69, 9.17) is 4.74 Å². The van der Waals surface area contributed by atoms with E-state index >= 15 is 0 Å². The van der Waals surface area contributed by atoms with E-state index in [0.717, 1.165) is 21.7 Å². The molecule has 0 aliphatic heterocycles. The number of carbonyl (C=O) groups is 1. The third-order valence-corrected chi connectivity index (χ3v) is 4.79. The van der Waals surface area contributed by atoms with Crippen molar-refractivity contribution in [1.82, 2.24) is 14.8 Å². The van der Waals surface area contributed by atoms with Crippen LogP contribution < -0.4 is 10.1 Å². The summed E-state index contributed by atoms with van der Waals surface area (Å²) < 4.78 is 7.20. The van der Waals surface area contributed by atoms with Crippen LogP contribution in [0.25, 0.3) is 10.9 Å². The smallest absolute Gasteiger partial charge is 0.274 e. The zero-order valence-corrected chi connectivity index (χ0v) is 14.3. The Kier molecular flexibility index (Phi) is 4.04. The van der Waals surface area contributed by atoms with E-state index in [1.807, 2.05) is 49.7 Å². The van der Waals surface area contributed by atoms with Gasteiger partial charge in [0.1, 0.15) is 16.5 Å². The van der Waals surface area contributed by atoms with Crippen LogP contribution in [-0.2, 0) is 7.05 Å². The van der Waals surface area contributed by atoms with Gasteiger partial charge in [-0.2, -0.15) is 0 Å². The van der Waals surface area contributed by atoms with Crippen LogP contribution in [0.4, 0.5) is 5.13 Å². The van der Waals surface area contributed by atoms with E-state index < -0.39 is 0 Å². The molecular weight excluding hydrogens is 312 g/mol. The van der Waals surface area contributed by atoms with Crippen molar-refractivity contribution in [2.45, 2.75) is 19.8 Å². The van der Waals surface area contributed by atoms with Gasteiger partial charge in [0.2, 0.25) is 5.13 Å². The number of nitrogens with zero attached hydrogens (tertiary/aromatic N) is 3. The second kappa shape index (κ2) is 6.00. The first-order valence-electron chi connectivity index (χ1n) is 7.28. The van der Waals surface area contributed by atoms with Gasteiger partial charge in [-0.3, -0.25) is 10.1 Å². The van der Waals surface area contributed by atoms with E-state index in [9.17, 15) is 4.79 Å². The Balaban J connectivity index is 1.93. The maximum absolute atomic E-state index is 12.5. The Bertz CT molecular complexity index is 866. The summed E-state index contributed by atoms with van der Waals surface area (Å²) in [7, 11) is 3.48. The number of benzene rings is 1. The first-order valence-corrected chi connectivity index (χ1v) is 8.10. The molecule has 0 bridgehead atoms.